The zero-order valence-electron chi connectivity index (χ0n) is 26.1. The van der Waals surface area contributed by atoms with Crippen LogP contribution in [-0.2, 0) is 42.1 Å². The molecule has 5 rings (SSSR count). The lowest BCUT2D eigenvalue weighted by atomic mass is 9.81. The SMILES string of the molecule is C=Nc1ccc(-c2csc([C@H](C)C(Cn3cncn3)(OC(=O)OCOC(=O)c3ccc(COP(=O)(O)O)cc3)c3ccc(F)cc3F)n2)cc1. The summed E-state index contributed by atoms with van der Waals surface area (Å²) < 4.78 is 62.5. The van der Waals surface area contributed by atoms with Gasteiger partial charge in [-0.05, 0) is 48.7 Å². The van der Waals surface area contributed by atoms with Crippen molar-refractivity contribution >= 4 is 43.7 Å². The molecule has 5 aromatic rings. The van der Waals surface area contributed by atoms with Crippen molar-refractivity contribution in [1.29, 1.82) is 0 Å². The molecule has 2 atom stereocenters. The maximum atomic E-state index is 15.7. The van der Waals surface area contributed by atoms with E-state index in [-0.39, 0.29) is 17.7 Å². The van der Waals surface area contributed by atoms with Gasteiger partial charge in [0.15, 0.2) is 5.60 Å². The van der Waals surface area contributed by atoms with Crippen molar-refractivity contribution in [1.82, 2.24) is 19.7 Å². The van der Waals surface area contributed by atoms with E-state index < -0.39 is 56.5 Å². The number of ether oxygens (including phenoxy) is 3. The first-order chi connectivity index (χ1) is 23.9. The van der Waals surface area contributed by atoms with Gasteiger partial charge in [0.05, 0.1) is 36.0 Å². The molecule has 0 aliphatic rings. The van der Waals surface area contributed by atoms with E-state index in [4.69, 9.17) is 29.0 Å². The van der Waals surface area contributed by atoms with E-state index in [1.54, 1.807) is 36.6 Å². The van der Waals surface area contributed by atoms with Crippen molar-refractivity contribution in [2.75, 3.05) is 6.79 Å². The average molecular weight is 728 g/mol. The van der Waals surface area contributed by atoms with Crippen LogP contribution < -0.4 is 0 Å². The molecule has 0 amide bonds. The number of benzene rings is 3. The monoisotopic (exact) mass is 727 g/mol. The Morgan fingerprint density at radius 2 is 1.82 bits per heavy atom. The quantitative estimate of drug-likeness (QED) is 0.0565. The standard InChI is InChI=1S/C32H28F2N5O9PS/c1-20(29-38-28(15-50-29)22-7-10-25(35-2)11-8-22)32(16-39-18-36-17-37-39,26-12-9-24(33)13-27(26)34)48-31(41)46-19-45-30(40)23-5-3-21(4-6-23)14-47-49(42,43)44/h3-13,15,17-18,20H,2,14,16,19H2,1H3,(H2,42,43,44)/t20-,32?/m0/s1. The molecular weight excluding hydrogens is 699 g/mol. The fourth-order valence-corrected chi connectivity index (χ4v) is 6.15. The van der Waals surface area contributed by atoms with Gasteiger partial charge >= 0.3 is 19.9 Å². The van der Waals surface area contributed by atoms with Crippen LogP contribution in [-0.4, -0.2) is 55.2 Å². The van der Waals surface area contributed by atoms with Crippen molar-refractivity contribution in [2.45, 2.75) is 31.6 Å². The molecular formula is C32H28F2N5O9PS. The second kappa shape index (κ2) is 15.6. The summed E-state index contributed by atoms with van der Waals surface area (Å²) in [4.78, 5) is 56.1. The number of esters is 1. The molecule has 50 heavy (non-hydrogen) atoms. The highest BCUT2D eigenvalue weighted by atomic mass is 32.1. The first-order valence-electron chi connectivity index (χ1n) is 14.5. The Labute approximate surface area is 287 Å². The summed E-state index contributed by atoms with van der Waals surface area (Å²) in [5, 5.41) is 6.30. The molecule has 0 bridgehead atoms. The lowest BCUT2D eigenvalue weighted by molar-refractivity contribution is -0.0882. The topological polar surface area (TPSA) is 185 Å². The van der Waals surface area contributed by atoms with Gasteiger partial charge in [0, 0.05) is 22.6 Å². The molecule has 0 aliphatic heterocycles. The molecule has 14 nitrogen and oxygen atoms in total. The second-order valence-corrected chi connectivity index (χ2v) is 12.7. The van der Waals surface area contributed by atoms with Gasteiger partial charge in [-0.15, -0.1) is 11.3 Å². The second-order valence-electron chi connectivity index (χ2n) is 10.6. The fraction of sp³-hybridized carbons (Fsp3) is 0.188. The summed E-state index contributed by atoms with van der Waals surface area (Å²) in [6, 6.07) is 15.4. The Hall–Kier alpha value is -5.19. The summed E-state index contributed by atoms with van der Waals surface area (Å²) in [7, 11) is -4.69. The minimum absolute atomic E-state index is 0.0272. The molecule has 0 aliphatic carbocycles. The number of hydrogen-bond acceptors (Lipinski definition) is 12. The summed E-state index contributed by atoms with van der Waals surface area (Å²) >= 11 is 1.22. The number of hydrogen-bond donors (Lipinski definition) is 2. The number of phosphoric acid groups is 1. The number of nitrogens with zero attached hydrogens (tertiary/aromatic N) is 5. The first-order valence-corrected chi connectivity index (χ1v) is 16.9. The van der Waals surface area contributed by atoms with E-state index in [0.717, 1.165) is 17.7 Å². The zero-order valence-corrected chi connectivity index (χ0v) is 27.8. The molecule has 2 aromatic heterocycles. The van der Waals surface area contributed by atoms with Crippen LogP contribution in [0.15, 0.2) is 89.8 Å². The lowest BCUT2D eigenvalue weighted by Crippen LogP contribution is -2.43. The molecule has 1 unspecified atom stereocenters. The van der Waals surface area contributed by atoms with Gasteiger partial charge in [0.25, 0.3) is 0 Å². The Morgan fingerprint density at radius 1 is 1.08 bits per heavy atom. The van der Waals surface area contributed by atoms with Crippen molar-refractivity contribution in [3.63, 3.8) is 0 Å². The molecule has 3 aromatic carbocycles. The summed E-state index contributed by atoms with van der Waals surface area (Å²) in [6.07, 6.45) is 1.20. The van der Waals surface area contributed by atoms with Gasteiger partial charge in [-0.1, -0.05) is 31.2 Å². The lowest BCUT2D eigenvalue weighted by Gasteiger charge is -2.37. The minimum Gasteiger partial charge on any atom is -0.424 e. The van der Waals surface area contributed by atoms with Gasteiger partial charge < -0.3 is 24.0 Å². The van der Waals surface area contributed by atoms with Crippen LogP contribution in [0.25, 0.3) is 11.3 Å². The van der Waals surface area contributed by atoms with Gasteiger partial charge in [0.2, 0.25) is 6.79 Å². The molecule has 0 saturated heterocycles. The van der Waals surface area contributed by atoms with E-state index in [1.165, 1.54) is 52.9 Å². The summed E-state index contributed by atoms with van der Waals surface area (Å²) in [6.45, 7) is 3.54. The van der Waals surface area contributed by atoms with Crippen LogP contribution in [0.4, 0.5) is 19.3 Å². The number of carbonyl (C=O) groups is 2. The van der Waals surface area contributed by atoms with Crippen molar-refractivity contribution in [3.05, 3.63) is 118 Å². The Bertz CT molecular complexity index is 2010. The normalized spacial score (nSPS) is 13.2. The third kappa shape index (κ3) is 8.88. The van der Waals surface area contributed by atoms with Crippen LogP contribution in [0.1, 0.15) is 39.3 Å². The van der Waals surface area contributed by atoms with Gasteiger partial charge in [-0.3, -0.25) is 9.52 Å². The number of aromatic nitrogens is 4. The van der Waals surface area contributed by atoms with Crippen LogP contribution >= 0.6 is 19.2 Å². The highest BCUT2D eigenvalue weighted by Gasteiger charge is 2.47. The molecule has 18 heteroatoms. The Morgan fingerprint density at radius 3 is 2.46 bits per heavy atom. The number of thiazole rings is 1. The smallest absolute Gasteiger partial charge is 0.424 e. The van der Waals surface area contributed by atoms with E-state index in [2.05, 4.69) is 26.3 Å². The van der Waals surface area contributed by atoms with Crippen LogP contribution in [0.3, 0.4) is 0 Å². The number of rotatable bonds is 14. The third-order valence-electron chi connectivity index (χ3n) is 7.41. The average Bonchev–Trinajstić information content (AvgIpc) is 3.80. The molecule has 2 heterocycles. The van der Waals surface area contributed by atoms with Gasteiger partial charge in [0.1, 0.15) is 29.3 Å². The fourth-order valence-electron chi connectivity index (χ4n) is 4.86. The van der Waals surface area contributed by atoms with Gasteiger partial charge in [-0.2, -0.15) is 5.10 Å². The van der Waals surface area contributed by atoms with Crippen molar-refractivity contribution in [2.24, 2.45) is 4.99 Å². The van der Waals surface area contributed by atoms with E-state index >= 15 is 4.39 Å². The molecule has 0 fully saturated rings. The maximum absolute atomic E-state index is 15.7. The van der Waals surface area contributed by atoms with Gasteiger partial charge in [-0.25, -0.2) is 37.6 Å². The zero-order chi connectivity index (χ0) is 35.9. The Balaban J connectivity index is 1.39. The molecule has 0 radical (unpaired) electrons. The van der Waals surface area contributed by atoms with Crippen LogP contribution in [0.5, 0.6) is 0 Å². The number of carbonyl (C=O) groups excluding carboxylic acids is 2. The van der Waals surface area contributed by atoms with E-state index in [0.29, 0.717) is 28.0 Å². The summed E-state index contributed by atoms with van der Waals surface area (Å²) in [5.41, 5.74) is 0.232. The molecule has 2 N–H and O–H groups in total. The molecule has 0 saturated carbocycles. The van der Waals surface area contributed by atoms with Crippen LogP contribution in [0, 0.1) is 11.6 Å². The predicted molar refractivity (Wildman–Crippen MR) is 174 cm³/mol. The minimum atomic E-state index is -4.69. The predicted octanol–water partition coefficient (Wildman–Crippen LogP) is 6.29. The van der Waals surface area contributed by atoms with E-state index in [1.807, 2.05) is 0 Å². The molecule has 260 valence electrons. The largest absolute Gasteiger partial charge is 0.512 e. The highest BCUT2D eigenvalue weighted by Crippen LogP contribution is 2.45. The third-order valence-corrected chi connectivity index (χ3v) is 8.90. The number of halogens is 2. The van der Waals surface area contributed by atoms with E-state index in [9.17, 15) is 18.5 Å². The van der Waals surface area contributed by atoms with Crippen LogP contribution in [0.2, 0.25) is 0 Å². The van der Waals surface area contributed by atoms with Crippen molar-refractivity contribution < 1.29 is 51.5 Å². The number of phosphoric ester groups is 1. The highest BCUT2D eigenvalue weighted by molar-refractivity contribution is 7.46. The summed E-state index contributed by atoms with van der Waals surface area (Å²) in [5.74, 6) is -3.68. The maximum Gasteiger partial charge on any atom is 0.512 e. The number of aliphatic imine (C=N–C) groups is 1. The first kappa shape index (κ1) is 36.1. The Kier molecular flexibility index (Phi) is 11.2. The van der Waals surface area contributed by atoms with Crippen molar-refractivity contribution in [3.8, 4) is 11.3 Å². The molecule has 0 spiro atoms.